The largest absolute Gasteiger partial charge is 0.508 e. The normalized spacial score (nSPS) is 11.8. The first-order chi connectivity index (χ1) is 7.41. The Morgan fingerprint density at radius 1 is 1.12 bits per heavy atom. The molecule has 0 aliphatic heterocycles. The van der Waals surface area contributed by atoms with Crippen LogP contribution in [0.15, 0.2) is 12.1 Å². The summed E-state index contributed by atoms with van der Waals surface area (Å²) in [5.74, 6) is -1.37. The lowest BCUT2D eigenvalue weighted by Crippen LogP contribution is -2.36. The third-order valence-corrected chi connectivity index (χ3v) is 2.71. The molecule has 0 heterocycles. The predicted octanol–water partition coefficient (Wildman–Crippen LogP) is 1.49. The first kappa shape index (κ1) is 13.0. The van der Waals surface area contributed by atoms with Gasteiger partial charge in [-0.1, -0.05) is 6.07 Å². The van der Waals surface area contributed by atoms with Crippen LogP contribution in [0.5, 0.6) is 5.75 Å². The molecule has 0 spiro atoms. The van der Waals surface area contributed by atoms with Crippen molar-refractivity contribution < 1.29 is 19.7 Å². The van der Waals surface area contributed by atoms with Crippen molar-refractivity contribution in [1.82, 2.24) is 0 Å². The topological polar surface area (TPSA) is 58.9 Å². The van der Waals surface area contributed by atoms with E-state index in [1.807, 2.05) is 13.0 Å². The van der Waals surface area contributed by atoms with Crippen molar-refractivity contribution >= 4 is 0 Å². The van der Waals surface area contributed by atoms with Gasteiger partial charge in [-0.25, -0.2) is 0 Å². The molecule has 0 fully saturated rings. The number of aryl methyl sites for hydroxylation is 2. The van der Waals surface area contributed by atoms with Crippen LogP contribution in [0.4, 0.5) is 0 Å². The first-order valence-corrected chi connectivity index (χ1v) is 5.03. The Kier molecular flexibility index (Phi) is 3.91. The average molecular weight is 226 g/mol. The Morgan fingerprint density at radius 3 is 2.19 bits per heavy atom. The molecule has 0 saturated heterocycles. The van der Waals surface area contributed by atoms with Gasteiger partial charge >= 0.3 is 0 Å². The average Bonchev–Trinajstić information content (AvgIpc) is 2.25. The van der Waals surface area contributed by atoms with Crippen molar-refractivity contribution in [2.45, 2.75) is 26.2 Å². The van der Waals surface area contributed by atoms with Crippen molar-refractivity contribution in [3.05, 3.63) is 28.8 Å². The highest BCUT2D eigenvalue weighted by Crippen LogP contribution is 2.25. The summed E-state index contributed by atoms with van der Waals surface area (Å²) in [5, 5.41) is 19.4. The van der Waals surface area contributed by atoms with Gasteiger partial charge in [-0.05, 0) is 36.6 Å². The molecule has 0 bridgehead atoms. The van der Waals surface area contributed by atoms with Gasteiger partial charge in [0.15, 0.2) is 0 Å². The molecule has 1 aromatic rings. The summed E-state index contributed by atoms with van der Waals surface area (Å²) in [6.07, 6.45) is 0.215. The number of methoxy groups -OCH3 is 2. The van der Waals surface area contributed by atoms with Crippen molar-refractivity contribution in [2.75, 3.05) is 14.2 Å². The summed E-state index contributed by atoms with van der Waals surface area (Å²) in [7, 11) is 2.76. The maximum absolute atomic E-state index is 9.86. The highest BCUT2D eigenvalue weighted by atomic mass is 16.8. The molecule has 0 radical (unpaired) electrons. The van der Waals surface area contributed by atoms with Crippen molar-refractivity contribution in [2.24, 2.45) is 0 Å². The van der Waals surface area contributed by atoms with E-state index in [1.54, 1.807) is 13.0 Å². The highest BCUT2D eigenvalue weighted by Gasteiger charge is 2.27. The second kappa shape index (κ2) is 4.82. The third-order valence-electron chi connectivity index (χ3n) is 2.71. The van der Waals surface area contributed by atoms with E-state index in [0.29, 0.717) is 0 Å². The first-order valence-electron chi connectivity index (χ1n) is 5.03. The van der Waals surface area contributed by atoms with Crippen molar-refractivity contribution in [3.8, 4) is 5.75 Å². The molecule has 0 amide bonds. The molecule has 0 unspecified atom stereocenters. The molecule has 90 valence electrons. The molecule has 0 aromatic heterocycles. The van der Waals surface area contributed by atoms with E-state index in [-0.39, 0.29) is 12.2 Å². The molecule has 0 atom stereocenters. The van der Waals surface area contributed by atoms with E-state index in [4.69, 9.17) is 9.47 Å². The Morgan fingerprint density at radius 2 is 1.69 bits per heavy atom. The van der Waals surface area contributed by atoms with Crippen molar-refractivity contribution in [3.63, 3.8) is 0 Å². The Balaban J connectivity index is 3.01. The van der Waals surface area contributed by atoms with Gasteiger partial charge in [0.2, 0.25) is 0 Å². The smallest absolute Gasteiger partial charge is 0.284 e. The Bertz CT molecular complexity index is 370. The van der Waals surface area contributed by atoms with E-state index in [0.717, 1.165) is 16.7 Å². The maximum atomic E-state index is 9.86. The SMILES string of the molecule is COC(O)(Cc1cc(C)c(O)cc1C)OC. The van der Waals surface area contributed by atoms with E-state index < -0.39 is 5.97 Å². The van der Waals surface area contributed by atoms with Crippen molar-refractivity contribution in [1.29, 1.82) is 0 Å². The van der Waals surface area contributed by atoms with E-state index in [9.17, 15) is 10.2 Å². The number of hydrogen-bond donors (Lipinski definition) is 2. The van der Waals surface area contributed by atoms with Crippen LogP contribution >= 0.6 is 0 Å². The van der Waals surface area contributed by atoms with Gasteiger partial charge in [0.05, 0.1) is 6.42 Å². The standard InChI is InChI=1S/C12H18O4/c1-8-6-11(13)9(2)5-10(8)7-12(14,15-3)16-4/h5-6,13-14H,7H2,1-4H3. The van der Waals surface area contributed by atoms with Crippen LogP contribution in [-0.2, 0) is 15.9 Å². The van der Waals surface area contributed by atoms with Gasteiger partial charge < -0.3 is 19.7 Å². The Labute approximate surface area is 95.4 Å². The van der Waals surface area contributed by atoms with Crippen LogP contribution in [0, 0.1) is 13.8 Å². The van der Waals surface area contributed by atoms with Gasteiger partial charge in [-0.3, -0.25) is 0 Å². The van der Waals surface area contributed by atoms with E-state index >= 15 is 0 Å². The summed E-state index contributed by atoms with van der Waals surface area (Å²) in [4.78, 5) is 0. The van der Waals surface area contributed by atoms with Crippen LogP contribution in [0.25, 0.3) is 0 Å². The van der Waals surface area contributed by atoms with Gasteiger partial charge in [-0.15, -0.1) is 0 Å². The van der Waals surface area contributed by atoms with Crippen LogP contribution in [0.3, 0.4) is 0 Å². The summed E-state index contributed by atoms with van der Waals surface area (Å²) < 4.78 is 9.77. The molecule has 4 heteroatoms. The summed E-state index contributed by atoms with van der Waals surface area (Å²) in [6.45, 7) is 3.66. The maximum Gasteiger partial charge on any atom is 0.284 e. The van der Waals surface area contributed by atoms with Crippen LogP contribution < -0.4 is 0 Å². The highest BCUT2D eigenvalue weighted by molar-refractivity contribution is 5.40. The molecule has 0 aliphatic carbocycles. The molecule has 0 aliphatic rings. The minimum Gasteiger partial charge on any atom is -0.508 e. The minimum atomic E-state index is -1.62. The van der Waals surface area contributed by atoms with Gasteiger partial charge in [0.25, 0.3) is 5.97 Å². The predicted molar refractivity (Wildman–Crippen MR) is 60.3 cm³/mol. The lowest BCUT2D eigenvalue weighted by Gasteiger charge is -2.25. The lowest BCUT2D eigenvalue weighted by molar-refractivity contribution is -0.338. The number of phenolic OH excluding ortho intramolecular Hbond substituents is 1. The number of aliphatic hydroxyl groups is 1. The van der Waals surface area contributed by atoms with E-state index in [2.05, 4.69) is 0 Å². The zero-order valence-electron chi connectivity index (χ0n) is 10.1. The third kappa shape index (κ3) is 2.72. The summed E-state index contributed by atoms with van der Waals surface area (Å²) >= 11 is 0. The second-order valence-corrected chi connectivity index (χ2v) is 3.86. The molecule has 0 saturated carbocycles. The number of hydrogen-bond acceptors (Lipinski definition) is 4. The molecule has 2 N–H and O–H groups in total. The van der Waals surface area contributed by atoms with Crippen LogP contribution in [0.2, 0.25) is 0 Å². The zero-order valence-corrected chi connectivity index (χ0v) is 10.1. The fourth-order valence-corrected chi connectivity index (χ4v) is 1.52. The molecular weight excluding hydrogens is 208 g/mol. The second-order valence-electron chi connectivity index (χ2n) is 3.86. The zero-order chi connectivity index (χ0) is 12.3. The lowest BCUT2D eigenvalue weighted by atomic mass is 10.0. The van der Waals surface area contributed by atoms with Gasteiger partial charge in [-0.2, -0.15) is 0 Å². The molecule has 1 aromatic carbocycles. The Hall–Kier alpha value is -1.10. The van der Waals surface area contributed by atoms with Gasteiger partial charge in [0.1, 0.15) is 5.75 Å². The number of aromatic hydroxyl groups is 1. The molecular formula is C12H18O4. The molecule has 1 rings (SSSR count). The summed E-state index contributed by atoms with van der Waals surface area (Å²) in [6, 6.07) is 3.48. The number of benzene rings is 1. The number of phenols is 1. The van der Waals surface area contributed by atoms with Gasteiger partial charge in [0, 0.05) is 14.2 Å². The fraction of sp³-hybridized carbons (Fsp3) is 0.500. The fourth-order valence-electron chi connectivity index (χ4n) is 1.52. The number of rotatable bonds is 4. The van der Waals surface area contributed by atoms with Crippen LogP contribution in [0.1, 0.15) is 16.7 Å². The van der Waals surface area contributed by atoms with E-state index in [1.165, 1.54) is 14.2 Å². The summed E-state index contributed by atoms with van der Waals surface area (Å²) in [5.41, 5.74) is 2.52. The quantitative estimate of drug-likeness (QED) is 0.764. The minimum absolute atomic E-state index is 0.215. The molecule has 16 heavy (non-hydrogen) atoms. The number of ether oxygens (including phenoxy) is 2. The monoisotopic (exact) mass is 226 g/mol. The van der Waals surface area contributed by atoms with Crippen LogP contribution in [-0.4, -0.2) is 30.4 Å². The molecule has 4 nitrogen and oxygen atoms in total.